The van der Waals surface area contributed by atoms with Gasteiger partial charge in [0.2, 0.25) is 0 Å². The van der Waals surface area contributed by atoms with E-state index in [4.69, 9.17) is 25.5 Å². The number of rotatable bonds is 6. The number of primary amides is 1. The number of hydrogen-bond acceptors (Lipinski definition) is 7. The average Bonchev–Trinajstić information content (AvgIpc) is 2.83. The lowest BCUT2D eigenvalue weighted by Crippen LogP contribution is -2.52. The molecule has 0 unspecified atom stereocenters. The van der Waals surface area contributed by atoms with Crippen molar-refractivity contribution in [2.45, 2.75) is 25.7 Å². The summed E-state index contributed by atoms with van der Waals surface area (Å²) in [6.07, 6.45) is 6.58. The van der Waals surface area contributed by atoms with Crippen LogP contribution >= 0.6 is 0 Å². The maximum atomic E-state index is 12.4. The van der Waals surface area contributed by atoms with Crippen LogP contribution in [-0.4, -0.2) is 102 Å². The molecule has 0 aliphatic carbocycles. The minimum atomic E-state index is -0.480. The van der Waals surface area contributed by atoms with Crippen molar-refractivity contribution in [3.8, 4) is 0 Å². The smallest absolute Gasteiger partial charge is 0.317 e. The maximum absolute atomic E-state index is 12.4. The Balaban J connectivity index is 0.000000819. The molecule has 3 rings (SSSR count). The van der Waals surface area contributed by atoms with Gasteiger partial charge in [0, 0.05) is 38.9 Å². The number of amides is 3. The largest absolute Gasteiger partial charge is 0.483 e. The molecule has 2 aliphatic rings. The number of piperidine rings is 1. The third-order valence-corrected chi connectivity index (χ3v) is 5.29. The molecule has 33 heavy (non-hydrogen) atoms. The van der Waals surface area contributed by atoms with Crippen molar-refractivity contribution in [1.82, 2.24) is 20.1 Å². The monoisotopic (exact) mass is 466 g/mol. The van der Waals surface area contributed by atoms with Crippen molar-refractivity contribution < 1.29 is 29.4 Å². The van der Waals surface area contributed by atoms with E-state index in [2.05, 4.69) is 15.2 Å². The summed E-state index contributed by atoms with van der Waals surface area (Å²) in [5, 5.41) is 16.8. The number of anilines is 1. The molecule has 0 radical (unpaired) electrons. The van der Waals surface area contributed by atoms with Crippen LogP contribution < -0.4 is 16.0 Å². The van der Waals surface area contributed by atoms with E-state index < -0.39 is 5.91 Å². The lowest BCUT2D eigenvalue weighted by atomic mass is 10.1. The standard InChI is InChI=1S/C19H30N6O2.2CH2O2/c20-17(26)16-6-4-7-21-18(16)24-12-14-25(15-13-24)19(27)22-8-5-11-23-9-2-1-3-10-23;2*2-1-3/h4,6-7H,1-3,5,8-15H2,(H2,20,26)(H,22,27);2*1H,(H,2,3). The number of urea groups is 1. The SMILES string of the molecule is NC(=O)c1cccnc1N1CCN(C(=O)NCCCN2CCCCC2)CC1.O=CO.O=CO. The predicted molar refractivity (Wildman–Crippen MR) is 122 cm³/mol. The van der Waals surface area contributed by atoms with Gasteiger partial charge in [-0.25, -0.2) is 9.78 Å². The van der Waals surface area contributed by atoms with Gasteiger partial charge in [-0.1, -0.05) is 6.42 Å². The van der Waals surface area contributed by atoms with Crippen LogP contribution in [0.4, 0.5) is 10.6 Å². The second-order valence-electron chi connectivity index (χ2n) is 7.41. The molecule has 0 spiro atoms. The summed E-state index contributed by atoms with van der Waals surface area (Å²) in [7, 11) is 0. The summed E-state index contributed by atoms with van der Waals surface area (Å²) in [6.45, 7) is 6.13. The molecule has 1 aromatic heterocycles. The van der Waals surface area contributed by atoms with Gasteiger partial charge < -0.3 is 36.0 Å². The fourth-order valence-electron chi connectivity index (χ4n) is 3.76. The molecule has 184 valence electrons. The third-order valence-electron chi connectivity index (χ3n) is 5.29. The van der Waals surface area contributed by atoms with Gasteiger partial charge in [-0.2, -0.15) is 0 Å². The van der Waals surface area contributed by atoms with E-state index >= 15 is 0 Å². The van der Waals surface area contributed by atoms with Crippen molar-refractivity contribution in [2.24, 2.45) is 5.73 Å². The van der Waals surface area contributed by atoms with E-state index in [0.29, 0.717) is 44.1 Å². The number of nitrogens with two attached hydrogens (primary N) is 1. The summed E-state index contributed by atoms with van der Waals surface area (Å²) in [5.41, 5.74) is 5.86. The maximum Gasteiger partial charge on any atom is 0.317 e. The van der Waals surface area contributed by atoms with E-state index in [1.165, 1.54) is 32.4 Å². The number of hydrogen-bond donors (Lipinski definition) is 4. The summed E-state index contributed by atoms with van der Waals surface area (Å²) in [5.74, 6) is 0.124. The third kappa shape index (κ3) is 10.2. The van der Waals surface area contributed by atoms with Crippen LogP contribution in [0.15, 0.2) is 18.3 Å². The number of carbonyl (C=O) groups excluding carboxylic acids is 2. The average molecular weight is 467 g/mol. The first kappa shape index (κ1) is 27.6. The number of nitrogens with one attached hydrogen (secondary N) is 1. The summed E-state index contributed by atoms with van der Waals surface area (Å²) < 4.78 is 0. The van der Waals surface area contributed by atoms with Crippen molar-refractivity contribution in [3.63, 3.8) is 0 Å². The van der Waals surface area contributed by atoms with E-state index in [-0.39, 0.29) is 19.0 Å². The zero-order valence-electron chi connectivity index (χ0n) is 18.8. The van der Waals surface area contributed by atoms with Crippen molar-refractivity contribution in [3.05, 3.63) is 23.9 Å². The first-order valence-electron chi connectivity index (χ1n) is 10.9. The highest BCUT2D eigenvalue weighted by Gasteiger charge is 2.24. The molecule has 0 saturated carbocycles. The van der Waals surface area contributed by atoms with Crippen LogP contribution in [0.1, 0.15) is 36.0 Å². The van der Waals surface area contributed by atoms with E-state index in [9.17, 15) is 9.59 Å². The van der Waals surface area contributed by atoms with Gasteiger partial charge in [0.05, 0.1) is 5.56 Å². The lowest BCUT2D eigenvalue weighted by molar-refractivity contribution is -0.123. The van der Waals surface area contributed by atoms with Gasteiger partial charge in [-0.05, 0) is 51.0 Å². The summed E-state index contributed by atoms with van der Waals surface area (Å²) in [6, 6.07) is 3.38. The Morgan fingerprint density at radius 2 is 1.64 bits per heavy atom. The molecule has 12 nitrogen and oxygen atoms in total. The number of nitrogens with zero attached hydrogens (tertiary/aromatic N) is 4. The molecule has 3 amide bonds. The van der Waals surface area contributed by atoms with Crippen LogP contribution in [0.2, 0.25) is 0 Å². The Bertz CT molecular complexity index is 730. The lowest BCUT2D eigenvalue weighted by Gasteiger charge is -2.36. The Morgan fingerprint density at radius 1 is 1.03 bits per heavy atom. The predicted octanol–water partition coefficient (Wildman–Crippen LogP) is 0.290. The van der Waals surface area contributed by atoms with Crippen LogP contribution in [0.5, 0.6) is 0 Å². The van der Waals surface area contributed by atoms with Crippen LogP contribution in [0.25, 0.3) is 0 Å². The Hall–Kier alpha value is -3.41. The number of aromatic nitrogens is 1. The molecule has 0 aromatic carbocycles. The number of likely N-dealkylation sites (tertiary alicyclic amines) is 1. The fourth-order valence-corrected chi connectivity index (χ4v) is 3.76. The highest BCUT2D eigenvalue weighted by molar-refractivity contribution is 5.97. The molecule has 2 fully saturated rings. The van der Waals surface area contributed by atoms with Crippen molar-refractivity contribution in [1.29, 1.82) is 0 Å². The van der Waals surface area contributed by atoms with Gasteiger partial charge in [-0.3, -0.25) is 14.4 Å². The Kier molecular flexibility index (Phi) is 13.6. The molecule has 2 saturated heterocycles. The molecule has 5 N–H and O–H groups in total. The van der Waals surface area contributed by atoms with E-state index in [1.807, 2.05) is 9.80 Å². The zero-order chi connectivity index (χ0) is 24.5. The molecule has 0 bridgehead atoms. The minimum Gasteiger partial charge on any atom is -0.483 e. The molecule has 3 heterocycles. The van der Waals surface area contributed by atoms with Crippen LogP contribution in [0.3, 0.4) is 0 Å². The molecule has 0 atom stereocenters. The van der Waals surface area contributed by atoms with Gasteiger partial charge in [0.25, 0.3) is 18.9 Å². The molecule has 2 aliphatic heterocycles. The number of carbonyl (C=O) groups is 4. The Morgan fingerprint density at radius 3 is 2.21 bits per heavy atom. The van der Waals surface area contributed by atoms with Crippen LogP contribution in [0, 0.1) is 0 Å². The minimum absolute atomic E-state index is 0.00978. The normalized spacial score (nSPS) is 15.8. The van der Waals surface area contributed by atoms with Gasteiger partial charge in [0.15, 0.2) is 0 Å². The zero-order valence-corrected chi connectivity index (χ0v) is 18.8. The van der Waals surface area contributed by atoms with Crippen molar-refractivity contribution in [2.75, 3.05) is 57.3 Å². The summed E-state index contributed by atoms with van der Waals surface area (Å²) >= 11 is 0. The topological polar surface area (TPSA) is 169 Å². The molecular formula is C21H34N6O6. The molecular weight excluding hydrogens is 432 g/mol. The number of pyridine rings is 1. The second kappa shape index (κ2) is 16.3. The van der Waals surface area contributed by atoms with Gasteiger partial charge in [0.1, 0.15) is 5.82 Å². The fraction of sp³-hybridized carbons (Fsp3) is 0.571. The van der Waals surface area contributed by atoms with Crippen LogP contribution in [-0.2, 0) is 9.59 Å². The quantitative estimate of drug-likeness (QED) is 0.340. The highest BCUT2D eigenvalue weighted by atomic mass is 16.3. The van der Waals surface area contributed by atoms with Crippen molar-refractivity contribution >= 4 is 30.7 Å². The molecule has 12 heteroatoms. The number of carboxylic acid groups (broad SMARTS) is 2. The molecule has 1 aromatic rings. The second-order valence-corrected chi connectivity index (χ2v) is 7.41. The first-order valence-corrected chi connectivity index (χ1v) is 10.9. The summed E-state index contributed by atoms with van der Waals surface area (Å²) in [4.78, 5) is 51.3. The van der Waals surface area contributed by atoms with Gasteiger partial charge >= 0.3 is 6.03 Å². The highest BCUT2D eigenvalue weighted by Crippen LogP contribution is 2.18. The Labute approximate surface area is 193 Å². The van der Waals surface area contributed by atoms with E-state index in [1.54, 1.807) is 18.3 Å². The van der Waals surface area contributed by atoms with Gasteiger partial charge in [-0.15, -0.1) is 0 Å². The number of piperazine rings is 1. The first-order chi connectivity index (χ1) is 16.0. The van der Waals surface area contributed by atoms with E-state index in [0.717, 1.165) is 13.0 Å².